The average Bonchev–Trinajstić information content (AvgIpc) is 2.75. The minimum absolute atomic E-state index is 0.272. The van der Waals surface area contributed by atoms with Crippen LogP contribution in [-0.2, 0) is 0 Å². The molecule has 152 valence electrons. The molecule has 2 N–H and O–H groups in total. The number of methoxy groups -OCH3 is 1. The number of esters is 1. The lowest BCUT2D eigenvalue weighted by atomic mass is 10.2. The predicted octanol–water partition coefficient (Wildman–Crippen LogP) is 4.89. The molecule has 0 aliphatic heterocycles. The van der Waals surface area contributed by atoms with Crippen LogP contribution in [0.2, 0.25) is 5.02 Å². The van der Waals surface area contributed by atoms with Crippen LogP contribution in [0.4, 0.5) is 5.69 Å². The Morgan fingerprint density at radius 2 is 1.77 bits per heavy atom. The molecule has 0 heterocycles. The molecule has 0 aliphatic carbocycles. The van der Waals surface area contributed by atoms with Gasteiger partial charge in [-0.3, -0.25) is 5.43 Å². The highest BCUT2D eigenvalue weighted by Crippen LogP contribution is 2.29. The van der Waals surface area contributed by atoms with Crippen LogP contribution in [0.5, 0.6) is 11.5 Å². The summed E-state index contributed by atoms with van der Waals surface area (Å²) in [5.41, 5.74) is 4.59. The Labute approximate surface area is 184 Å². The Bertz CT molecular complexity index is 1070. The average molecular weight is 440 g/mol. The summed E-state index contributed by atoms with van der Waals surface area (Å²) in [7, 11) is 1.49. The molecule has 0 fully saturated rings. The molecule has 6 nitrogen and oxygen atoms in total. The van der Waals surface area contributed by atoms with Gasteiger partial charge < -0.3 is 14.8 Å². The summed E-state index contributed by atoms with van der Waals surface area (Å²) in [4.78, 5) is 12.4. The molecule has 0 amide bonds. The standard InChI is InChI=1S/C22H18ClN3O3S/c1-28-20-13-15(14-24-26-22(30)25-16-7-3-2-4-8-16)11-12-19(20)29-21(27)17-9-5-6-10-18(17)23/h2-14H,1H3,(H2,25,26,30)/b24-14+. The van der Waals surface area contributed by atoms with Crippen LogP contribution in [0, 0.1) is 0 Å². The maximum absolute atomic E-state index is 12.4. The van der Waals surface area contributed by atoms with E-state index in [1.807, 2.05) is 30.3 Å². The van der Waals surface area contributed by atoms with Crippen LogP contribution >= 0.6 is 23.8 Å². The second-order valence-corrected chi connectivity index (χ2v) is 6.79. The fraction of sp³-hybridized carbons (Fsp3) is 0.0455. The Hall–Kier alpha value is -3.42. The van der Waals surface area contributed by atoms with Crippen molar-refractivity contribution in [2.75, 3.05) is 12.4 Å². The summed E-state index contributed by atoms with van der Waals surface area (Å²) in [5, 5.41) is 7.79. The molecule has 3 aromatic rings. The lowest BCUT2D eigenvalue weighted by molar-refractivity contribution is 0.0730. The second-order valence-electron chi connectivity index (χ2n) is 5.97. The highest BCUT2D eigenvalue weighted by atomic mass is 35.5. The number of hydrogen-bond acceptors (Lipinski definition) is 5. The molecule has 0 bridgehead atoms. The molecular weight excluding hydrogens is 422 g/mol. The predicted molar refractivity (Wildman–Crippen MR) is 123 cm³/mol. The molecule has 0 aliphatic rings. The smallest absolute Gasteiger partial charge is 0.345 e. The van der Waals surface area contributed by atoms with E-state index in [2.05, 4.69) is 15.8 Å². The van der Waals surface area contributed by atoms with Crippen LogP contribution in [0.25, 0.3) is 0 Å². The molecule has 0 atom stereocenters. The van der Waals surface area contributed by atoms with Gasteiger partial charge in [0.15, 0.2) is 16.6 Å². The number of nitrogens with one attached hydrogen (secondary N) is 2. The normalized spacial score (nSPS) is 10.5. The zero-order valence-electron chi connectivity index (χ0n) is 16.0. The highest BCUT2D eigenvalue weighted by molar-refractivity contribution is 7.80. The summed E-state index contributed by atoms with van der Waals surface area (Å²) in [6.45, 7) is 0. The first-order valence-electron chi connectivity index (χ1n) is 8.86. The Morgan fingerprint density at radius 3 is 2.50 bits per heavy atom. The van der Waals surface area contributed by atoms with E-state index >= 15 is 0 Å². The number of anilines is 1. The van der Waals surface area contributed by atoms with E-state index in [-0.39, 0.29) is 11.3 Å². The third-order valence-corrected chi connectivity index (χ3v) is 4.42. The van der Waals surface area contributed by atoms with Crippen molar-refractivity contribution in [2.45, 2.75) is 0 Å². The number of carbonyl (C=O) groups excluding carboxylic acids is 1. The van der Waals surface area contributed by atoms with E-state index in [1.54, 1.807) is 48.7 Å². The van der Waals surface area contributed by atoms with Crippen molar-refractivity contribution in [3.8, 4) is 11.5 Å². The van der Waals surface area contributed by atoms with Crippen molar-refractivity contribution in [2.24, 2.45) is 5.10 Å². The molecule has 0 radical (unpaired) electrons. The third-order valence-electron chi connectivity index (χ3n) is 3.90. The van der Waals surface area contributed by atoms with E-state index in [4.69, 9.17) is 33.3 Å². The largest absolute Gasteiger partial charge is 0.493 e. The first kappa shape index (κ1) is 21.3. The minimum atomic E-state index is -0.570. The monoisotopic (exact) mass is 439 g/mol. The Kier molecular flexibility index (Phi) is 7.37. The number of halogens is 1. The van der Waals surface area contributed by atoms with E-state index in [9.17, 15) is 4.79 Å². The van der Waals surface area contributed by atoms with E-state index in [0.717, 1.165) is 11.3 Å². The molecule has 0 saturated heterocycles. The summed E-state index contributed by atoms with van der Waals surface area (Å²) in [6.07, 6.45) is 1.57. The van der Waals surface area contributed by atoms with Crippen LogP contribution in [0.3, 0.4) is 0 Å². The van der Waals surface area contributed by atoms with Gasteiger partial charge in [0.1, 0.15) is 0 Å². The van der Waals surface area contributed by atoms with E-state index < -0.39 is 5.97 Å². The third kappa shape index (κ3) is 5.79. The van der Waals surface area contributed by atoms with Gasteiger partial charge in [-0.15, -0.1) is 0 Å². The van der Waals surface area contributed by atoms with Gasteiger partial charge in [0.25, 0.3) is 0 Å². The van der Waals surface area contributed by atoms with Crippen LogP contribution in [0.1, 0.15) is 15.9 Å². The molecule has 0 spiro atoms. The minimum Gasteiger partial charge on any atom is -0.493 e. The lowest BCUT2D eigenvalue weighted by Crippen LogP contribution is -2.23. The fourth-order valence-electron chi connectivity index (χ4n) is 2.48. The van der Waals surface area contributed by atoms with Gasteiger partial charge in [-0.25, -0.2) is 4.79 Å². The molecule has 3 rings (SSSR count). The van der Waals surface area contributed by atoms with E-state index in [1.165, 1.54) is 7.11 Å². The molecule has 30 heavy (non-hydrogen) atoms. The number of carbonyl (C=O) groups is 1. The quantitative estimate of drug-likeness (QED) is 0.187. The van der Waals surface area contributed by atoms with Crippen molar-refractivity contribution in [1.29, 1.82) is 0 Å². The van der Waals surface area contributed by atoms with Crippen molar-refractivity contribution >= 4 is 46.8 Å². The number of hydrogen-bond donors (Lipinski definition) is 2. The lowest BCUT2D eigenvalue weighted by Gasteiger charge is -2.10. The number of nitrogens with zero attached hydrogens (tertiary/aromatic N) is 1. The zero-order valence-corrected chi connectivity index (χ0v) is 17.5. The Balaban J connectivity index is 1.63. The molecule has 0 aromatic heterocycles. The van der Waals surface area contributed by atoms with Crippen molar-refractivity contribution in [3.63, 3.8) is 0 Å². The summed E-state index contributed by atoms with van der Waals surface area (Å²) in [5.74, 6) is 0.0810. The molecule has 0 saturated carbocycles. The molecule has 3 aromatic carbocycles. The fourth-order valence-corrected chi connectivity index (χ4v) is 2.86. The number of benzene rings is 3. The van der Waals surface area contributed by atoms with Gasteiger partial charge in [0.05, 0.1) is 23.9 Å². The van der Waals surface area contributed by atoms with Gasteiger partial charge >= 0.3 is 5.97 Å². The van der Waals surface area contributed by atoms with Gasteiger partial charge in [-0.2, -0.15) is 5.10 Å². The number of thiocarbonyl (C=S) groups is 1. The topological polar surface area (TPSA) is 71.9 Å². The van der Waals surface area contributed by atoms with Gasteiger partial charge in [-0.1, -0.05) is 41.9 Å². The van der Waals surface area contributed by atoms with E-state index in [0.29, 0.717) is 15.9 Å². The molecule has 0 unspecified atom stereocenters. The Morgan fingerprint density at radius 1 is 1.03 bits per heavy atom. The number of ether oxygens (including phenoxy) is 2. The second kappa shape index (κ2) is 10.4. The maximum atomic E-state index is 12.4. The van der Waals surface area contributed by atoms with Crippen LogP contribution in [-0.4, -0.2) is 24.4 Å². The number of para-hydroxylation sites is 1. The summed E-state index contributed by atoms with van der Waals surface area (Å²) >= 11 is 11.2. The SMILES string of the molecule is COc1cc(/C=N/NC(=S)Nc2ccccc2)ccc1OC(=O)c1ccccc1Cl. The van der Waals surface area contributed by atoms with Crippen LogP contribution < -0.4 is 20.2 Å². The molecule has 8 heteroatoms. The maximum Gasteiger partial charge on any atom is 0.345 e. The zero-order chi connectivity index (χ0) is 21.3. The number of rotatable bonds is 6. The summed E-state index contributed by atoms with van der Waals surface area (Å²) < 4.78 is 10.8. The first-order valence-corrected chi connectivity index (χ1v) is 9.65. The van der Waals surface area contributed by atoms with Crippen molar-refractivity contribution < 1.29 is 14.3 Å². The van der Waals surface area contributed by atoms with Gasteiger partial charge in [0, 0.05) is 5.69 Å². The summed E-state index contributed by atoms with van der Waals surface area (Å²) in [6, 6.07) is 21.2. The highest BCUT2D eigenvalue weighted by Gasteiger charge is 2.15. The van der Waals surface area contributed by atoms with Gasteiger partial charge in [0.2, 0.25) is 0 Å². The first-order chi connectivity index (χ1) is 14.6. The van der Waals surface area contributed by atoms with Crippen molar-refractivity contribution in [1.82, 2.24) is 5.43 Å². The molecular formula is C22H18ClN3O3S. The van der Waals surface area contributed by atoms with Crippen LogP contribution in [0.15, 0.2) is 77.9 Å². The number of hydrazone groups is 1. The van der Waals surface area contributed by atoms with Gasteiger partial charge in [-0.05, 0) is 60.2 Å². The van der Waals surface area contributed by atoms with Crippen molar-refractivity contribution in [3.05, 3.63) is 88.9 Å².